The van der Waals surface area contributed by atoms with Crippen molar-refractivity contribution in [3.63, 3.8) is 0 Å². The Hall–Kier alpha value is -4.81. The third-order valence-electron chi connectivity index (χ3n) is 8.14. The molecule has 5 rings (SSSR count). The molecule has 0 bridgehead atoms. The number of halogens is 4. The van der Waals surface area contributed by atoms with Gasteiger partial charge in [-0.25, -0.2) is 4.39 Å². The van der Waals surface area contributed by atoms with E-state index in [1.165, 1.54) is 30.3 Å². The molecule has 0 radical (unpaired) electrons. The van der Waals surface area contributed by atoms with Gasteiger partial charge in [-0.1, -0.05) is 74.5 Å². The molecule has 0 aliphatic rings. The fraction of sp³-hybridized carbons (Fsp3) is 0.243. The minimum Gasteiger partial charge on any atom is -0.356 e. The number of rotatable bonds is 10. The Kier molecular flexibility index (Phi) is 10.1. The van der Waals surface area contributed by atoms with Gasteiger partial charge in [0.1, 0.15) is 5.82 Å². The van der Waals surface area contributed by atoms with Crippen LogP contribution in [0.25, 0.3) is 22.5 Å². The van der Waals surface area contributed by atoms with Gasteiger partial charge in [0.05, 0.1) is 17.0 Å². The number of nitrogens with one attached hydrogen (secondary N) is 1. The van der Waals surface area contributed by atoms with Crippen LogP contribution in [0.2, 0.25) is 0 Å². The van der Waals surface area contributed by atoms with E-state index in [0.717, 1.165) is 28.8 Å². The smallest absolute Gasteiger partial charge is 0.356 e. The lowest BCUT2D eigenvalue weighted by Crippen LogP contribution is -2.28. The van der Waals surface area contributed by atoms with Gasteiger partial charge in [0.25, 0.3) is 16.0 Å². The summed E-state index contributed by atoms with van der Waals surface area (Å²) >= 11 is 0. The molecule has 2 N–H and O–H groups in total. The first-order valence-electron chi connectivity index (χ1n) is 15.3. The first kappa shape index (κ1) is 35.5. The molecule has 0 aliphatic carbocycles. The van der Waals surface area contributed by atoms with Crippen molar-refractivity contribution >= 4 is 16.0 Å². The molecule has 1 atom stereocenters. The number of nitrogens with zero attached hydrogens (tertiary/aromatic N) is 1. The van der Waals surface area contributed by atoms with E-state index in [1.807, 2.05) is 12.1 Å². The second-order valence-corrected chi connectivity index (χ2v) is 14.3. The van der Waals surface area contributed by atoms with Crippen LogP contribution in [0.1, 0.15) is 65.0 Å². The number of aromatic nitrogens is 1. The Morgan fingerprint density at radius 1 is 0.857 bits per heavy atom. The van der Waals surface area contributed by atoms with E-state index in [1.54, 1.807) is 30.3 Å². The van der Waals surface area contributed by atoms with Crippen molar-refractivity contribution in [3.05, 3.63) is 136 Å². The van der Waals surface area contributed by atoms with Crippen LogP contribution in [0, 0.1) is 5.82 Å². The van der Waals surface area contributed by atoms with Gasteiger partial charge in [0.2, 0.25) is 0 Å². The molecule has 1 heterocycles. The summed E-state index contributed by atoms with van der Waals surface area (Å²) < 4.78 is 90.6. The van der Waals surface area contributed by atoms with Crippen LogP contribution in [0.5, 0.6) is 0 Å². The highest BCUT2D eigenvalue weighted by Crippen LogP contribution is 2.36. The Balaban J connectivity index is 1.43. The van der Waals surface area contributed by atoms with Gasteiger partial charge in [-0.05, 0) is 76.6 Å². The summed E-state index contributed by atoms with van der Waals surface area (Å²) in [6.45, 7) is 6.11. The molecule has 5 aromatic rings. The van der Waals surface area contributed by atoms with Crippen molar-refractivity contribution in [2.75, 3.05) is 12.3 Å². The number of alkyl halides is 3. The molecule has 1 aromatic heterocycles. The normalized spacial score (nSPS) is 12.9. The van der Waals surface area contributed by atoms with Crippen LogP contribution in [-0.4, -0.2) is 36.3 Å². The Morgan fingerprint density at radius 2 is 1.47 bits per heavy atom. The van der Waals surface area contributed by atoms with Crippen molar-refractivity contribution in [2.45, 2.75) is 44.7 Å². The van der Waals surface area contributed by atoms with E-state index < -0.39 is 39.3 Å². The van der Waals surface area contributed by atoms with Gasteiger partial charge in [0.15, 0.2) is 5.76 Å². The summed E-state index contributed by atoms with van der Waals surface area (Å²) in [5.74, 6) is -1.64. The van der Waals surface area contributed by atoms with E-state index in [0.29, 0.717) is 29.0 Å². The number of amides is 1. The lowest BCUT2D eigenvalue weighted by Gasteiger charge is -2.21. The van der Waals surface area contributed by atoms with Gasteiger partial charge in [-0.15, -0.1) is 0 Å². The number of hydrogen-bond acceptors (Lipinski definition) is 5. The van der Waals surface area contributed by atoms with E-state index in [9.17, 15) is 30.8 Å². The number of carbonyl (C=O) groups excluding carboxylic acids is 1. The Labute approximate surface area is 281 Å². The van der Waals surface area contributed by atoms with Crippen molar-refractivity contribution in [1.82, 2.24) is 10.5 Å². The van der Waals surface area contributed by atoms with Crippen molar-refractivity contribution in [1.29, 1.82) is 0 Å². The summed E-state index contributed by atoms with van der Waals surface area (Å²) in [6.07, 6.45) is -4.05. The van der Waals surface area contributed by atoms with Crippen LogP contribution in [-0.2, 0) is 28.1 Å². The molecule has 4 aromatic carbocycles. The molecule has 1 unspecified atom stereocenters. The summed E-state index contributed by atoms with van der Waals surface area (Å²) in [4.78, 5) is 12.5. The zero-order valence-electron chi connectivity index (χ0n) is 26.9. The van der Waals surface area contributed by atoms with Crippen molar-refractivity contribution in [3.8, 4) is 22.5 Å². The van der Waals surface area contributed by atoms with Gasteiger partial charge < -0.3 is 9.84 Å². The molecule has 256 valence electrons. The highest BCUT2D eigenvalue weighted by molar-refractivity contribution is 7.85. The second-order valence-electron chi connectivity index (χ2n) is 12.8. The molecule has 7 nitrogen and oxygen atoms in total. The van der Waals surface area contributed by atoms with E-state index in [-0.39, 0.29) is 29.0 Å². The van der Waals surface area contributed by atoms with Gasteiger partial charge >= 0.3 is 6.18 Å². The lowest BCUT2D eigenvalue weighted by molar-refractivity contribution is -0.137. The molecule has 0 saturated carbocycles. The van der Waals surface area contributed by atoms with Gasteiger partial charge in [0, 0.05) is 35.2 Å². The summed E-state index contributed by atoms with van der Waals surface area (Å²) in [5.41, 5.74) is 3.84. The molecular weight excluding hydrogens is 660 g/mol. The number of hydrogen-bond donors (Lipinski definition) is 2. The second kappa shape index (κ2) is 14.0. The van der Waals surface area contributed by atoms with Crippen molar-refractivity contribution < 1.29 is 39.8 Å². The zero-order chi connectivity index (χ0) is 35.6. The fourth-order valence-electron chi connectivity index (χ4n) is 5.36. The standard InChI is InChI=1S/C37H34F4N2O5S/c1-36(2,3)28-13-8-25(9-14-28)31(20-23-4-6-26(7-5-23)35(44)42-18-19-49(45,46)47)33-22-34(48-43-33)27-12-17-32(38)30(21-27)24-10-15-29(16-11-24)37(39,40)41/h4-17,21-22,31H,18-20H2,1-3H3,(H,42,44)(H,45,46,47). The van der Waals surface area contributed by atoms with E-state index in [2.05, 4.69) is 43.4 Å². The highest BCUT2D eigenvalue weighted by atomic mass is 32.2. The third kappa shape index (κ3) is 9.01. The van der Waals surface area contributed by atoms with E-state index >= 15 is 0 Å². The molecule has 0 saturated heterocycles. The predicted octanol–water partition coefficient (Wildman–Crippen LogP) is 8.46. The van der Waals surface area contributed by atoms with Crippen LogP contribution in [0.3, 0.4) is 0 Å². The summed E-state index contributed by atoms with van der Waals surface area (Å²) in [5, 5.41) is 6.83. The zero-order valence-corrected chi connectivity index (χ0v) is 27.7. The minimum atomic E-state index is -4.51. The minimum absolute atomic E-state index is 0.0692. The maximum atomic E-state index is 14.9. The highest BCUT2D eigenvalue weighted by Gasteiger charge is 2.30. The molecule has 49 heavy (non-hydrogen) atoms. The SMILES string of the molecule is CC(C)(C)c1ccc(C(Cc2ccc(C(=O)NCCS(=O)(=O)O)cc2)c2cc(-c3ccc(F)c(-c4ccc(C(F)(F)F)cc4)c3)on2)cc1. The van der Waals surface area contributed by atoms with Crippen LogP contribution < -0.4 is 5.32 Å². The number of benzene rings is 4. The maximum Gasteiger partial charge on any atom is 0.416 e. The molecule has 0 spiro atoms. The fourth-order valence-corrected chi connectivity index (χ4v) is 5.72. The average Bonchev–Trinajstić information content (AvgIpc) is 3.53. The van der Waals surface area contributed by atoms with Gasteiger partial charge in [-0.3, -0.25) is 9.35 Å². The maximum absolute atomic E-state index is 14.9. The molecule has 1 amide bonds. The Bertz CT molecular complexity index is 2030. The monoisotopic (exact) mass is 694 g/mol. The summed E-state index contributed by atoms with van der Waals surface area (Å²) in [7, 11) is -4.20. The summed E-state index contributed by atoms with van der Waals surface area (Å²) in [6, 6.07) is 25.2. The molecule has 0 aliphatic heterocycles. The largest absolute Gasteiger partial charge is 0.416 e. The third-order valence-corrected chi connectivity index (χ3v) is 8.86. The molecular formula is C37H34F4N2O5S. The first-order valence-corrected chi connectivity index (χ1v) is 17.0. The van der Waals surface area contributed by atoms with Crippen LogP contribution >= 0.6 is 0 Å². The van der Waals surface area contributed by atoms with Crippen LogP contribution in [0.15, 0.2) is 102 Å². The van der Waals surface area contributed by atoms with Crippen molar-refractivity contribution in [2.24, 2.45) is 0 Å². The van der Waals surface area contributed by atoms with Gasteiger partial charge in [-0.2, -0.15) is 21.6 Å². The topological polar surface area (TPSA) is 110 Å². The lowest BCUT2D eigenvalue weighted by atomic mass is 9.83. The Morgan fingerprint density at radius 3 is 2.06 bits per heavy atom. The molecule has 0 fully saturated rings. The van der Waals surface area contributed by atoms with Crippen LogP contribution in [0.4, 0.5) is 17.6 Å². The number of carbonyl (C=O) groups is 1. The predicted molar refractivity (Wildman–Crippen MR) is 178 cm³/mol. The quantitative estimate of drug-likeness (QED) is 0.112. The first-order chi connectivity index (χ1) is 23.0. The van der Waals surface area contributed by atoms with E-state index in [4.69, 9.17) is 9.08 Å². The molecule has 12 heteroatoms. The average molecular weight is 695 g/mol.